The van der Waals surface area contributed by atoms with E-state index < -0.39 is 23.5 Å². The van der Waals surface area contributed by atoms with Gasteiger partial charge in [0.25, 0.3) is 0 Å². The largest absolute Gasteiger partial charge is 0.355 e. The van der Waals surface area contributed by atoms with Crippen molar-refractivity contribution in [3.05, 3.63) is 93.9 Å². The Morgan fingerprint density at radius 3 is 2.77 bits per heavy atom. The third-order valence-electron chi connectivity index (χ3n) is 7.80. The maximum atomic E-state index is 15.4. The molecule has 1 aliphatic heterocycles. The van der Waals surface area contributed by atoms with Crippen molar-refractivity contribution in [3.8, 4) is 16.9 Å². The van der Waals surface area contributed by atoms with Gasteiger partial charge in [0.05, 0.1) is 30.2 Å². The Bertz CT molecular complexity index is 1910. The van der Waals surface area contributed by atoms with Crippen molar-refractivity contribution in [1.29, 1.82) is 0 Å². The van der Waals surface area contributed by atoms with E-state index in [-0.39, 0.29) is 47.0 Å². The molecular formula is C33H34ClFN6O2. The normalized spacial score (nSPS) is 16.4. The van der Waals surface area contributed by atoms with Crippen molar-refractivity contribution in [3.63, 3.8) is 0 Å². The number of halogens is 2. The van der Waals surface area contributed by atoms with Crippen molar-refractivity contribution in [2.45, 2.75) is 46.1 Å². The van der Waals surface area contributed by atoms with Gasteiger partial charge in [0.1, 0.15) is 11.6 Å². The van der Waals surface area contributed by atoms with Crippen molar-refractivity contribution >= 4 is 40.4 Å². The number of hydrogen-bond donors (Lipinski definition) is 0. The van der Waals surface area contributed by atoms with E-state index in [2.05, 4.69) is 16.5 Å². The minimum atomic E-state index is -0.586. The van der Waals surface area contributed by atoms with E-state index in [1.54, 1.807) is 24.4 Å². The van der Waals surface area contributed by atoms with Gasteiger partial charge in [-0.1, -0.05) is 63.7 Å². The summed E-state index contributed by atoms with van der Waals surface area (Å²) in [4.78, 5) is 44.3. The Kier molecular flexibility index (Phi) is 7.72. The fraction of sp³-hybridized carbons (Fsp3) is 0.303. The van der Waals surface area contributed by atoms with Crippen LogP contribution in [0.1, 0.15) is 53.2 Å². The van der Waals surface area contributed by atoms with Crippen molar-refractivity contribution in [1.82, 2.24) is 24.4 Å². The summed E-state index contributed by atoms with van der Waals surface area (Å²) in [6.07, 6.45) is 3.86. The Morgan fingerprint density at radius 1 is 1.30 bits per heavy atom. The van der Waals surface area contributed by atoms with Gasteiger partial charge >= 0.3 is 5.69 Å². The maximum Gasteiger partial charge on any atom is 0.355 e. The molecule has 1 amide bonds. The van der Waals surface area contributed by atoms with Crippen LogP contribution in [0.3, 0.4) is 0 Å². The molecule has 8 nitrogen and oxygen atoms in total. The fourth-order valence-corrected chi connectivity index (χ4v) is 5.93. The van der Waals surface area contributed by atoms with E-state index in [1.165, 1.54) is 21.6 Å². The highest BCUT2D eigenvalue weighted by molar-refractivity contribution is 6.34. The number of hydrogen-bond acceptors (Lipinski definition) is 6. The van der Waals surface area contributed by atoms with Gasteiger partial charge < -0.3 is 9.80 Å². The number of benzene rings is 1. The summed E-state index contributed by atoms with van der Waals surface area (Å²) in [5.74, 6) is -0.775. The number of fused-ring (bicyclic) bond motifs is 1. The Balaban J connectivity index is 1.82. The average Bonchev–Trinajstić information content (AvgIpc) is 3.03. The number of aromatic nitrogens is 4. The lowest BCUT2D eigenvalue weighted by Crippen LogP contribution is -2.54. The lowest BCUT2D eigenvalue weighted by atomic mass is 10.0. The molecule has 222 valence electrons. The lowest BCUT2D eigenvalue weighted by Gasteiger charge is -2.40. The van der Waals surface area contributed by atoms with Gasteiger partial charge in [-0.3, -0.25) is 9.78 Å². The highest BCUT2D eigenvalue weighted by Gasteiger charge is 2.31. The molecule has 5 rings (SSSR count). The molecule has 4 aromatic rings. The highest BCUT2D eigenvalue weighted by atomic mass is 35.5. The summed E-state index contributed by atoms with van der Waals surface area (Å²) in [5.41, 5.74) is 2.61. The second-order valence-corrected chi connectivity index (χ2v) is 11.2. The van der Waals surface area contributed by atoms with Gasteiger partial charge in [0, 0.05) is 37.4 Å². The minimum Gasteiger partial charge on any atom is -0.350 e. The molecule has 3 aromatic heterocycles. The van der Waals surface area contributed by atoms with Crippen molar-refractivity contribution in [2.75, 3.05) is 24.5 Å². The average molecular weight is 603 g/mol. The molecule has 0 radical (unpaired) electrons. The number of pyridine rings is 2. The van der Waals surface area contributed by atoms with E-state index in [4.69, 9.17) is 19.3 Å². The van der Waals surface area contributed by atoms with Crippen LogP contribution in [-0.4, -0.2) is 56.0 Å². The zero-order valence-electron chi connectivity index (χ0n) is 26.6. The lowest BCUT2D eigenvalue weighted by molar-refractivity contribution is -0.126. The standard InChI is InChI=1S/C33H34ClFN6O2/c1-7-21-11-10-12-25(35)27(21)29-24(34)17-23-31(40-16-15-39(18-20(40)6)26(42)9-3)38-33(43)41(32(23)37-29)30-22(8-2)13-14-36-28(30)19(4)5/h7,9-14,17,19-20H,1,3,8,15-16,18H2,2,4-6H3/t20-/m0/s1/i3D,9D. The van der Waals surface area contributed by atoms with Crippen LogP contribution < -0.4 is 10.6 Å². The summed E-state index contributed by atoms with van der Waals surface area (Å²) in [6, 6.07) is 7.43. The Hall–Kier alpha value is -4.37. The quantitative estimate of drug-likeness (QED) is 0.235. The monoisotopic (exact) mass is 602 g/mol. The molecule has 10 heteroatoms. The number of amides is 1. The molecule has 0 N–H and O–H groups in total. The van der Waals surface area contributed by atoms with Crippen LogP contribution in [0, 0.1) is 5.82 Å². The molecule has 0 bridgehead atoms. The number of rotatable bonds is 7. The number of anilines is 1. The van der Waals surface area contributed by atoms with Crippen LogP contribution in [-0.2, 0) is 11.2 Å². The predicted octanol–water partition coefficient (Wildman–Crippen LogP) is 6.19. The minimum absolute atomic E-state index is 0.0378. The van der Waals surface area contributed by atoms with Gasteiger partial charge in [-0.25, -0.2) is 18.7 Å². The number of aryl methyl sites for hydroxylation is 1. The summed E-state index contributed by atoms with van der Waals surface area (Å²) in [6.45, 7) is 13.2. The predicted molar refractivity (Wildman–Crippen MR) is 170 cm³/mol. The fourth-order valence-electron chi connectivity index (χ4n) is 5.69. The SMILES string of the molecule is [2H]C=C([2H])C(=O)N1CCN(c2nc(=O)n(-c3c(CC)ccnc3C(C)C)c3nc(-c4c(F)cccc4C=C)c(Cl)cc23)[C@@H](C)C1. The molecule has 1 atom stereocenters. The summed E-state index contributed by atoms with van der Waals surface area (Å²) < 4.78 is 31.9. The van der Waals surface area contributed by atoms with Crippen LogP contribution >= 0.6 is 11.6 Å². The zero-order valence-corrected chi connectivity index (χ0v) is 25.3. The second kappa shape index (κ2) is 12.1. The molecule has 0 aliphatic carbocycles. The smallest absolute Gasteiger partial charge is 0.350 e. The topological polar surface area (TPSA) is 84.2 Å². The molecule has 1 saturated heterocycles. The van der Waals surface area contributed by atoms with Gasteiger partial charge in [-0.05, 0) is 54.6 Å². The summed E-state index contributed by atoms with van der Waals surface area (Å²) >= 11 is 6.87. The summed E-state index contributed by atoms with van der Waals surface area (Å²) in [5, 5.41) is 0.634. The molecule has 1 fully saturated rings. The first-order chi connectivity index (χ1) is 21.5. The summed E-state index contributed by atoms with van der Waals surface area (Å²) in [7, 11) is 0. The zero-order chi connectivity index (χ0) is 32.6. The highest BCUT2D eigenvalue weighted by Crippen LogP contribution is 2.37. The molecule has 0 unspecified atom stereocenters. The van der Waals surface area contributed by atoms with Gasteiger partial charge in [0.2, 0.25) is 5.91 Å². The second-order valence-electron chi connectivity index (χ2n) is 10.8. The van der Waals surface area contributed by atoms with Crippen LogP contribution in [0.15, 0.2) is 60.5 Å². The molecule has 4 heterocycles. The maximum absolute atomic E-state index is 15.4. The van der Waals surface area contributed by atoms with E-state index in [0.717, 1.165) is 12.1 Å². The molecule has 1 aliphatic rings. The Labute approximate surface area is 258 Å². The molecular weight excluding hydrogens is 567 g/mol. The first-order valence-electron chi connectivity index (χ1n) is 15.2. The third-order valence-corrected chi connectivity index (χ3v) is 8.09. The van der Waals surface area contributed by atoms with E-state index >= 15 is 4.39 Å². The molecule has 43 heavy (non-hydrogen) atoms. The van der Waals surface area contributed by atoms with E-state index in [0.29, 0.717) is 41.1 Å². The Morgan fingerprint density at radius 2 is 2.09 bits per heavy atom. The van der Waals surface area contributed by atoms with Crippen LogP contribution in [0.5, 0.6) is 0 Å². The molecule has 0 spiro atoms. The number of nitrogens with zero attached hydrogens (tertiary/aromatic N) is 6. The first-order valence-corrected chi connectivity index (χ1v) is 14.5. The van der Waals surface area contributed by atoms with Crippen LogP contribution in [0.2, 0.25) is 5.02 Å². The third kappa shape index (κ3) is 5.33. The van der Waals surface area contributed by atoms with Crippen LogP contribution in [0.25, 0.3) is 34.1 Å². The van der Waals surface area contributed by atoms with E-state index in [1.807, 2.05) is 38.7 Å². The number of piperazine rings is 1. The number of carbonyl (C=O) groups is 1. The van der Waals surface area contributed by atoms with E-state index in [9.17, 15) is 9.59 Å². The van der Waals surface area contributed by atoms with Gasteiger partial charge in [0.15, 0.2) is 5.65 Å². The molecule has 0 saturated carbocycles. The molecule has 1 aromatic carbocycles. The van der Waals surface area contributed by atoms with Crippen molar-refractivity contribution < 1.29 is 11.9 Å². The van der Waals surface area contributed by atoms with Gasteiger partial charge in [-0.2, -0.15) is 4.98 Å². The van der Waals surface area contributed by atoms with Crippen molar-refractivity contribution in [2.24, 2.45) is 0 Å². The van der Waals surface area contributed by atoms with Gasteiger partial charge in [-0.15, -0.1) is 0 Å². The van der Waals surface area contributed by atoms with Crippen LogP contribution in [0.4, 0.5) is 10.2 Å². The number of carbonyl (C=O) groups excluding carboxylic acids is 1. The first kappa shape index (κ1) is 27.5.